The fourth-order valence-corrected chi connectivity index (χ4v) is 3.61. The molecule has 1 atom stereocenters. The summed E-state index contributed by atoms with van der Waals surface area (Å²) in [5.41, 5.74) is 3.89. The Morgan fingerprint density at radius 3 is 2.78 bits per heavy atom. The van der Waals surface area contributed by atoms with Gasteiger partial charge < -0.3 is 4.90 Å². The van der Waals surface area contributed by atoms with E-state index >= 15 is 0 Å². The zero-order valence-electron chi connectivity index (χ0n) is 15.0. The van der Waals surface area contributed by atoms with Crippen molar-refractivity contribution in [1.82, 2.24) is 24.8 Å². The van der Waals surface area contributed by atoms with Gasteiger partial charge in [0.2, 0.25) is 5.91 Å². The maximum Gasteiger partial charge on any atom is 0.228 e. The van der Waals surface area contributed by atoms with Crippen LogP contribution in [0.3, 0.4) is 0 Å². The van der Waals surface area contributed by atoms with Crippen LogP contribution in [0.25, 0.3) is 11.1 Å². The van der Waals surface area contributed by atoms with Crippen molar-refractivity contribution < 1.29 is 4.79 Å². The lowest BCUT2D eigenvalue weighted by atomic mass is 9.90. The highest BCUT2D eigenvalue weighted by atomic mass is 16.2. The fraction of sp³-hybridized carbons (Fsp3) is 0.286. The molecule has 0 unspecified atom stereocenters. The van der Waals surface area contributed by atoms with Crippen molar-refractivity contribution in [3.05, 3.63) is 72.8 Å². The van der Waals surface area contributed by atoms with Gasteiger partial charge in [0.25, 0.3) is 0 Å². The lowest BCUT2D eigenvalue weighted by Gasteiger charge is -2.33. The number of hydrogen-bond donors (Lipinski definition) is 0. The van der Waals surface area contributed by atoms with Crippen LogP contribution in [0.5, 0.6) is 0 Å². The smallest absolute Gasteiger partial charge is 0.228 e. The van der Waals surface area contributed by atoms with E-state index in [0.717, 1.165) is 41.9 Å². The second kappa shape index (κ2) is 8.03. The molecule has 6 heteroatoms. The minimum Gasteiger partial charge on any atom is -0.342 e. The van der Waals surface area contributed by atoms with Crippen LogP contribution in [0, 0.1) is 0 Å². The van der Waals surface area contributed by atoms with E-state index in [1.165, 1.54) is 0 Å². The molecule has 0 bridgehead atoms. The molecule has 0 saturated carbocycles. The van der Waals surface area contributed by atoms with Gasteiger partial charge in [-0.15, -0.1) is 0 Å². The van der Waals surface area contributed by atoms with Crippen molar-refractivity contribution >= 4 is 5.91 Å². The summed E-state index contributed by atoms with van der Waals surface area (Å²) in [5.74, 6) is 0.329. The van der Waals surface area contributed by atoms with Crippen molar-refractivity contribution in [3.8, 4) is 11.1 Å². The van der Waals surface area contributed by atoms with Crippen molar-refractivity contribution in [2.75, 3.05) is 13.1 Å². The number of nitrogens with zero attached hydrogens (tertiary/aromatic N) is 5. The Morgan fingerprint density at radius 1 is 1.07 bits per heavy atom. The van der Waals surface area contributed by atoms with Crippen molar-refractivity contribution in [3.63, 3.8) is 0 Å². The second-order valence-electron chi connectivity index (χ2n) is 6.73. The summed E-state index contributed by atoms with van der Waals surface area (Å²) in [7, 11) is 0. The van der Waals surface area contributed by atoms with Gasteiger partial charge in [0.15, 0.2) is 0 Å². The third kappa shape index (κ3) is 4.00. The van der Waals surface area contributed by atoms with Crippen LogP contribution >= 0.6 is 0 Å². The average molecular weight is 359 g/mol. The minimum absolute atomic E-state index is 0.123. The Labute approximate surface area is 158 Å². The number of carbonyl (C=O) groups excluding carboxylic acids is 1. The molecule has 0 aromatic carbocycles. The summed E-state index contributed by atoms with van der Waals surface area (Å²) in [4.78, 5) is 31.8. The number of amides is 1. The molecule has 0 spiro atoms. The molecule has 1 aliphatic heterocycles. The molecule has 27 heavy (non-hydrogen) atoms. The SMILES string of the molecule is O=C(Cc1ccccn1)N1CCC[C@H](c2ncncc2-c2ccncc2)C1. The number of piperidine rings is 1. The largest absolute Gasteiger partial charge is 0.342 e. The zero-order chi connectivity index (χ0) is 18.5. The minimum atomic E-state index is 0.123. The molecule has 4 heterocycles. The number of carbonyl (C=O) groups is 1. The van der Waals surface area contributed by atoms with E-state index in [0.29, 0.717) is 13.0 Å². The van der Waals surface area contributed by atoms with Gasteiger partial charge in [-0.2, -0.15) is 0 Å². The lowest BCUT2D eigenvalue weighted by Crippen LogP contribution is -2.40. The van der Waals surface area contributed by atoms with Crippen LogP contribution in [0.2, 0.25) is 0 Å². The third-order valence-corrected chi connectivity index (χ3v) is 4.95. The number of pyridine rings is 2. The van der Waals surface area contributed by atoms with Gasteiger partial charge in [-0.3, -0.25) is 14.8 Å². The molecule has 4 rings (SSSR count). The summed E-state index contributed by atoms with van der Waals surface area (Å²) >= 11 is 0. The molecule has 1 saturated heterocycles. The molecule has 0 radical (unpaired) electrons. The van der Waals surface area contributed by atoms with E-state index < -0.39 is 0 Å². The second-order valence-corrected chi connectivity index (χ2v) is 6.73. The molecular weight excluding hydrogens is 338 g/mol. The van der Waals surface area contributed by atoms with Gasteiger partial charge >= 0.3 is 0 Å². The van der Waals surface area contributed by atoms with E-state index in [1.54, 1.807) is 24.9 Å². The average Bonchev–Trinajstić information content (AvgIpc) is 2.75. The summed E-state index contributed by atoms with van der Waals surface area (Å²) < 4.78 is 0. The molecule has 0 N–H and O–H groups in total. The van der Waals surface area contributed by atoms with E-state index in [2.05, 4.69) is 19.9 Å². The Kier molecular flexibility index (Phi) is 5.14. The Hall–Kier alpha value is -3.15. The quantitative estimate of drug-likeness (QED) is 0.716. The number of hydrogen-bond acceptors (Lipinski definition) is 5. The highest BCUT2D eigenvalue weighted by molar-refractivity contribution is 5.78. The standard InChI is InChI=1S/C21H21N5O/c27-20(12-18-5-1-2-8-24-18)26-11-3-4-17(14-26)21-19(13-23-15-25-21)16-6-9-22-10-7-16/h1-2,5-10,13,15,17H,3-4,11-12,14H2/t17-/m0/s1. The normalized spacial score (nSPS) is 16.9. The summed E-state index contributed by atoms with van der Waals surface area (Å²) in [6, 6.07) is 9.60. The highest BCUT2D eigenvalue weighted by Gasteiger charge is 2.27. The summed E-state index contributed by atoms with van der Waals surface area (Å²) in [5, 5.41) is 0. The highest BCUT2D eigenvalue weighted by Crippen LogP contribution is 2.32. The predicted molar refractivity (Wildman–Crippen MR) is 102 cm³/mol. The Bertz CT molecular complexity index is 901. The van der Waals surface area contributed by atoms with Gasteiger partial charge in [0.1, 0.15) is 6.33 Å². The van der Waals surface area contributed by atoms with E-state index in [4.69, 9.17) is 0 Å². The lowest BCUT2D eigenvalue weighted by molar-refractivity contribution is -0.131. The van der Waals surface area contributed by atoms with E-state index in [1.807, 2.05) is 41.4 Å². The number of aromatic nitrogens is 4. The first-order chi connectivity index (χ1) is 13.3. The van der Waals surface area contributed by atoms with Gasteiger partial charge in [0, 0.05) is 55.1 Å². The maximum atomic E-state index is 12.7. The molecule has 6 nitrogen and oxygen atoms in total. The van der Waals surface area contributed by atoms with E-state index in [-0.39, 0.29) is 11.8 Å². The van der Waals surface area contributed by atoms with Crippen LogP contribution in [-0.4, -0.2) is 43.8 Å². The van der Waals surface area contributed by atoms with Gasteiger partial charge in [-0.1, -0.05) is 6.07 Å². The van der Waals surface area contributed by atoms with Crippen molar-refractivity contribution in [2.24, 2.45) is 0 Å². The van der Waals surface area contributed by atoms with Crippen molar-refractivity contribution in [1.29, 1.82) is 0 Å². The molecule has 0 aliphatic carbocycles. The number of rotatable bonds is 4. The molecule has 3 aromatic rings. The fourth-order valence-electron chi connectivity index (χ4n) is 3.61. The third-order valence-electron chi connectivity index (χ3n) is 4.95. The molecule has 136 valence electrons. The predicted octanol–water partition coefficient (Wildman–Crippen LogP) is 2.88. The topological polar surface area (TPSA) is 71.9 Å². The van der Waals surface area contributed by atoms with Crippen molar-refractivity contribution in [2.45, 2.75) is 25.2 Å². The molecular formula is C21H21N5O. The summed E-state index contributed by atoms with van der Waals surface area (Å²) in [6.45, 7) is 1.47. The van der Waals surface area contributed by atoms with Crippen LogP contribution in [0.1, 0.15) is 30.1 Å². The van der Waals surface area contributed by atoms with Gasteiger partial charge in [-0.25, -0.2) is 9.97 Å². The molecule has 1 fully saturated rings. The summed E-state index contributed by atoms with van der Waals surface area (Å²) in [6.07, 6.45) is 11.0. The molecule has 3 aromatic heterocycles. The molecule has 1 amide bonds. The first kappa shape index (κ1) is 17.3. The zero-order valence-corrected chi connectivity index (χ0v) is 15.0. The molecule has 1 aliphatic rings. The Morgan fingerprint density at radius 2 is 1.96 bits per heavy atom. The van der Waals surface area contributed by atoms with Crippen LogP contribution in [-0.2, 0) is 11.2 Å². The van der Waals surface area contributed by atoms with Crippen LogP contribution < -0.4 is 0 Å². The van der Waals surface area contributed by atoms with Gasteiger partial charge in [0.05, 0.1) is 12.1 Å². The first-order valence-corrected chi connectivity index (χ1v) is 9.19. The number of likely N-dealkylation sites (tertiary alicyclic amines) is 1. The Balaban J connectivity index is 1.53. The first-order valence-electron chi connectivity index (χ1n) is 9.19. The van der Waals surface area contributed by atoms with E-state index in [9.17, 15) is 4.79 Å². The monoisotopic (exact) mass is 359 g/mol. The van der Waals surface area contributed by atoms with Crippen LogP contribution in [0.15, 0.2) is 61.4 Å². The maximum absolute atomic E-state index is 12.7. The van der Waals surface area contributed by atoms with Gasteiger partial charge in [-0.05, 0) is 42.7 Å². The van der Waals surface area contributed by atoms with Crippen LogP contribution in [0.4, 0.5) is 0 Å².